The van der Waals surface area contributed by atoms with Crippen LogP contribution in [0.5, 0.6) is 0 Å². The van der Waals surface area contributed by atoms with Crippen molar-refractivity contribution in [1.82, 2.24) is 29.7 Å². The summed E-state index contributed by atoms with van der Waals surface area (Å²) < 4.78 is 2.10. The molecule has 0 saturated carbocycles. The van der Waals surface area contributed by atoms with Crippen LogP contribution in [0.3, 0.4) is 0 Å². The molecule has 31 heavy (non-hydrogen) atoms. The largest absolute Gasteiger partial charge is 0.350 e. The second kappa shape index (κ2) is 8.78. The lowest BCUT2D eigenvalue weighted by Gasteiger charge is -2.56. The number of imidazole rings is 1. The van der Waals surface area contributed by atoms with Crippen molar-refractivity contribution in [3.8, 4) is 0 Å². The molecule has 3 saturated heterocycles. The Morgan fingerprint density at radius 1 is 1.16 bits per heavy atom. The third-order valence-corrected chi connectivity index (χ3v) is 7.11. The third kappa shape index (κ3) is 4.21. The highest BCUT2D eigenvalue weighted by atomic mass is 16.2. The van der Waals surface area contributed by atoms with E-state index in [1.54, 1.807) is 18.6 Å². The van der Waals surface area contributed by atoms with Crippen LogP contribution in [-0.2, 0) is 22.7 Å². The van der Waals surface area contributed by atoms with Crippen molar-refractivity contribution in [2.75, 3.05) is 19.6 Å². The second-order valence-corrected chi connectivity index (χ2v) is 9.10. The van der Waals surface area contributed by atoms with E-state index in [0.717, 1.165) is 51.0 Å². The van der Waals surface area contributed by atoms with Gasteiger partial charge in [-0.05, 0) is 36.8 Å². The number of aromatic nitrogens is 3. The van der Waals surface area contributed by atoms with Gasteiger partial charge in [-0.1, -0.05) is 6.07 Å². The lowest BCUT2D eigenvalue weighted by molar-refractivity contribution is -0.160. The summed E-state index contributed by atoms with van der Waals surface area (Å²) in [4.78, 5) is 39.0. The Hall–Kier alpha value is -2.74. The predicted molar refractivity (Wildman–Crippen MR) is 115 cm³/mol. The molecule has 2 bridgehead atoms. The van der Waals surface area contributed by atoms with E-state index < -0.39 is 0 Å². The molecule has 5 heterocycles. The number of nitrogens with zero attached hydrogens (tertiary/aromatic N) is 5. The number of hydrogen-bond acceptors (Lipinski definition) is 5. The molecule has 4 atom stereocenters. The van der Waals surface area contributed by atoms with Crippen LogP contribution in [-0.4, -0.2) is 67.9 Å². The lowest BCUT2D eigenvalue weighted by Crippen LogP contribution is -2.68. The number of nitrogens with one attached hydrogen (secondary N) is 1. The van der Waals surface area contributed by atoms with E-state index >= 15 is 0 Å². The minimum Gasteiger partial charge on any atom is -0.350 e. The highest BCUT2D eigenvalue weighted by Crippen LogP contribution is 2.41. The molecule has 8 nitrogen and oxygen atoms in total. The zero-order chi connectivity index (χ0) is 21.2. The van der Waals surface area contributed by atoms with Gasteiger partial charge in [-0.25, -0.2) is 4.98 Å². The molecule has 5 rings (SSSR count). The standard InChI is InChI=1S/C23H30N6O2/c30-21-5-1-4-20-18-11-19(15-28(14-18)10-9-27-8-7-25-16-27)22(29(20)21)23(31)26-13-17-3-2-6-24-12-17/h2-3,6-8,12,16,18-20,22H,1,4-5,9-11,13-15H2,(H,26,31)/t18-,19+,20-,22+/m0/s1. The molecule has 1 N–H and O–H groups in total. The van der Waals surface area contributed by atoms with Crippen molar-refractivity contribution in [1.29, 1.82) is 0 Å². The van der Waals surface area contributed by atoms with Crippen LogP contribution in [0.2, 0.25) is 0 Å². The van der Waals surface area contributed by atoms with Gasteiger partial charge in [0.25, 0.3) is 0 Å². The van der Waals surface area contributed by atoms with Crippen LogP contribution in [0.25, 0.3) is 0 Å². The van der Waals surface area contributed by atoms with Crippen LogP contribution in [0.15, 0.2) is 43.2 Å². The first-order valence-corrected chi connectivity index (χ1v) is 11.3. The van der Waals surface area contributed by atoms with E-state index in [1.807, 2.05) is 29.6 Å². The maximum Gasteiger partial charge on any atom is 0.243 e. The van der Waals surface area contributed by atoms with Gasteiger partial charge in [-0.3, -0.25) is 14.6 Å². The van der Waals surface area contributed by atoms with Crippen LogP contribution in [0, 0.1) is 11.8 Å². The van der Waals surface area contributed by atoms with E-state index in [9.17, 15) is 9.59 Å². The Kier molecular flexibility index (Phi) is 5.72. The van der Waals surface area contributed by atoms with Crippen molar-refractivity contribution in [3.63, 3.8) is 0 Å². The predicted octanol–water partition coefficient (Wildman–Crippen LogP) is 1.30. The molecule has 8 heteroatoms. The summed E-state index contributed by atoms with van der Waals surface area (Å²) in [6.07, 6.45) is 12.7. The molecule has 2 amide bonds. The first-order valence-electron chi connectivity index (χ1n) is 11.3. The molecule has 0 radical (unpaired) electrons. The van der Waals surface area contributed by atoms with Gasteiger partial charge in [-0.15, -0.1) is 0 Å². The maximum atomic E-state index is 13.4. The zero-order valence-corrected chi connectivity index (χ0v) is 17.8. The van der Waals surface area contributed by atoms with Crippen molar-refractivity contribution >= 4 is 11.8 Å². The average molecular weight is 423 g/mol. The Morgan fingerprint density at radius 3 is 2.87 bits per heavy atom. The Labute approximate surface area is 182 Å². The fourth-order valence-corrected chi connectivity index (χ4v) is 5.75. The summed E-state index contributed by atoms with van der Waals surface area (Å²) in [5.74, 6) is 0.755. The summed E-state index contributed by atoms with van der Waals surface area (Å²) in [6.45, 7) is 4.13. The molecule has 164 valence electrons. The third-order valence-electron chi connectivity index (χ3n) is 7.11. The fraction of sp³-hybridized carbons (Fsp3) is 0.565. The van der Waals surface area contributed by atoms with E-state index in [1.165, 1.54) is 0 Å². The van der Waals surface area contributed by atoms with Gasteiger partial charge < -0.3 is 19.7 Å². The molecule has 0 spiro atoms. The Balaban J connectivity index is 1.32. The molecule has 0 aromatic carbocycles. The molecule has 2 aromatic heterocycles. The average Bonchev–Trinajstić information content (AvgIpc) is 3.31. The number of likely N-dealkylation sites (tertiary alicyclic amines) is 1. The minimum absolute atomic E-state index is 0.0241. The summed E-state index contributed by atoms with van der Waals surface area (Å²) in [5.41, 5.74) is 0.969. The van der Waals surface area contributed by atoms with Crippen LogP contribution in [0.4, 0.5) is 0 Å². The van der Waals surface area contributed by atoms with Gasteiger partial charge in [0.05, 0.1) is 6.33 Å². The molecule has 2 aromatic rings. The number of fused-ring (bicyclic) bond motifs is 4. The highest BCUT2D eigenvalue weighted by Gasteiger charge is 2.51. The summed E-state index contributed by atoms with van der Waals surface area (Å²) >= 11 is 0. The van der Waals surface area contributed by atoms with E-state index in [4.69, 9.17) is 0 Å². The highest BCUT2D eigenvalue weighted by molar-refractivity contribution is 5.89. The molecule has 3 aliphatic heterocycles. The molecular weight excluding hydrogens is 392 g/mol. The minimum atomic E-state index is -0.373. The lowest BCUT2D eigenvalue weighted by atomic mass is 9.71. The number of piperidine rings is 3. The van der Waals surface area contributed by atoms with Gasteiger partial charge in [0.1, 0.15) is 6.04 Å². The van der Waals surface area contributed by atoms with Crippen LogP contribution >= 0.6 is 0 Å². The number of rotatable bonds is 6. The van der Waals surface area contributed by atoms with Gasteiger partial charge in [0.2, 0.25) is 11.8 Å². The molecule has 0 unspecified atom stereocenters. The fourth-order valence-electron chi connectivity index (χ4n) is 5.75. The zero-order valence-electron chi connectivity index (χ0n) is 17.8. The quantitative estimate of drug-likeness (QED) is 0.759. The Bertz CT molecular complexity index is 902. The molecular formula is C23H30N6O2. The summed E-state index contributed by atoms with van der Waals surface area (Å²) in [7, 11) is 0. The van der Waals surface area contributed by atoms with Crippen molar-refractivity contribution in [3.05, 3.63) is 48.8 Å². The molecule has 3 fully saturated rings. The number of carbonyl (C=O) groups is 2. The first kappa shape index (κ1) is 20.2. The van der Waals surface area contributed by atoms with Crippen molar-refractivity contribution < 1.29 is 9.59 Å². The van der Waals surface area contributed by atoms with Gasteiger partial charge in [-0.2, -0.15) is 0 Å². The second-order valence-electron chi connectivity index (χ2n) is 9.10. The van der Waals surface area contributed by atoms with E-state index in [-0.39, 0.29) is 29.8 Å². The van der Waals surface area contributed by atoms with E-state index in [2.05, 4.69) is 24.8 Å². The number of carbonyl (C=O) groups excluding carboxylic acids is 2. The maximum absolute atomic E-state index is 13.4. The van der Waals surface area contributed by atoms with Crippen molar-refractivity contribution in [2.45, 2.75) is 50.9 Å². The molecule has 3 aliphatic rings. The normalized spacial score (nSPS) is 28.3. The van der Waals surface area contributed by atoms with Crippen LogP contribution < -0.4 is 5.32 Å². The first-order chi connectivity index (χ1) is 15.2. The topological polar surface area (TPSA) is 83.4 Å². The van der Waals surface area contributed by atoms with E-state index in [0.29, 0.717) is 18.9 Å². The van der Waals surface area contributed by atoms with Gasteiger partial charge in [0, 0.05) is 75.9 Å². The van der Waals surface area contributed by atoms with Crippen molar-refractivity contribution in [2.24, 2.45) is 11.8 Å². The van der Waals surface area contributed by atoms with Crippen LogP contribution in [0.1, 0.15) is 31.2 Å². The number of pyridine rings is 1. The van der Waals surface area contributed by atoms with Gasteiger partial charge in [0.15, 0.2) is 0 Å². The summed E-state index contributed by atoms with van der Waals surface area (Å²) in [5, 5.41) is 3.09. The number of hydrogen-bond donors (Lipinski definition) is 1. The number of amides is 2. The summed E-state index contributed by atoms with van der Waals surface area (Å²) in [6, 6.07) is 3.64. The Morgan fingerprint density at radius 2 is 2.06 bits per heavy atom. The SMILES string of the molecule is O=C(NCc1cccnc1)[C@H]1[C@@H]2C[C@@H](CN(CCn3ccnc3)C2)[C@@H]2CCCC(=O)N21. The molecule has 0 aliphatic carbocycles. The smallest absolute Gasteiger partial charge is 0.243 e. The monoisotopic (exact) mass is 422 g/mol. The van der Waals surface area contributed by atoms with Gasteiger partial charge >= 0.3 is 0 Å².